The van der Waals surface area contributed by atoms with E-state index in [4.69, 9.17) is 5.11 Å². The minimum atomic E-state index is -1.05. The maximum Gasteiger partial charge on any atom is 0.322 e. The molecule has 0 aromatic rings. The monoisotopic (exact) mass is 295 g/mol. The van der Waals surface area contributed by atoms with Crippen molar-refractivity contribution in [3.63, 3.8) is 0 Å². The summed E-state index contributed by atoms with van der Waals surface area (Å²) in [5.74, 6) is -2.90. The van der Waals surface area contributed by atoms with Crippen LogP contribution in [0.2, 0.25) is 0 Å². The smallest absolute Gasteiger partial charge is 0.322 e. The Bertz CT molecular complexity index is 572. The largest absolute Gasteiger partial charge is 0.481 e. The van der Waals surface area contributed by atoms with Gasteiger partial charge in [-0.25, -0.2) is 4.79 Å². The van der Waals surface area contributed by atoms with Crippen LogP contribution in [0.15, 0.2) is 0 Å². The first-order chi connectivity index (χ1) is 9.69. The van der Waals surface area contributed by atoms with E-state index in [1.807, 2.05) is 0 Å². The minimum Gasteiger partial charge on any atom is -0.481 e. The number of aliphatic carboxylic acids is 1. The molecule has 0 radical (unpaired) electrons. The van der Waals surface area contributed by atoms with Crippen LogP contribution in [0.1, 0.15) is 20.3 Å². The van der Waals surface area contributed by atoms with E-state index in [1.165, 1.54) is 4.90 Å². The fourth-order valence-corrected chi connectivity index (χ4v) is 3.57. The third-order valence-electron chi connectivity index (χ3n) is 4.95. The molecule has 21 heavy (non-hydrogen) atoms. The lowest BCUT2D eigenvalue weighted by molar-refractivity contribution is -0.142. The Morgan fingerprint density at radius 1 is 1.29 bits per heavy atom. The minimum absolute atomic E-state index is 0.0995. The fraction of sp³-hybridized carbons (Fsp3) is 0.692. The zero-order valence-electron chi connectivity index (χ0n) is 11.8. The van der Waals surface area contributed by atoms with Crippen LogP contribution >= 0.6 is 0 Å². The SMILES string of the molecule is CC1(C)C(C(=O)O)C1C(=O)N1CCC2(C1)NC(=O)NC2=O. The molecular formula is C13H17N3O5. The molecule has 8 nitrogen and oxygen atoms in total. The standard InChI is InChI=1S/C13H17N3O5/c1-12(2)6(7(12)9(18)19)8(17)16-4-3-13(5-16)10(20)14-11(21)15-13/h6-7H,3-5H2,1-2H3,(H,18,19)(H2,14,15,20,21). The Labute approximate surface area is 120 Å². The van der Waals surface area contributed by atoms with Gasteiger partial charge >= 0.3 is 12.0 Å². The van der Waals surface area contributed by atoms with Crippen molar-refractivity contribution in [1.82, 2.24) is 15.5 Å². The van der Waals surface area contributed by atoms with Gasteiger partial charge in [0.2, 0.25) is 5.91 Å². The number of nitrogens with zero attached hydrogens (tertiary/aromatic N) is 1. The number of amides is 4. The van der Waals surface area contributed by atoms with E-state index < -0.39 is 40.7 Å². The number of likely N-dealkylation sites (tertiary alicyclic amines) is 1. The van der Waals surface area contributed by atoms with Crippen LogP contribution in [-0.4, -0.2) is 52.4 Å². The van der Waals surface area contributed by atoms with Crippen molar-refractivity contribution >= 4 is 23.8 Å². The van der Waals surface area contributed by atoms with Crippen LogP contribution in [0.3, 0.4) is 0 Å². The number of carbonyl (C=O) groups is 4. The van der Waals surface area contributed by atoms with Crippen molar-refractivity contribution in [2.45, 2.75) is 25.8 Å². The molecule has 114 valence electrons. The maximum atomic E-state index is 12.5. The zero-order valence-corrected chi connectivity index (χ0v) is 11.8. The predicted molar refractivity (Wildman–Crippen MR) is 69.0 cm³/mol. The van der Waals surface area contributed by atoms with E-state index in [2.05, 4.69) is 10.6 Å². The van der Waals surface area contributed by atoms with Crippen molar-refractivity contribution in [3.05, 3.63) is 0 Å². The van der Waals surface area contributed by atoms with E-state index >= 15 is 0 Å². The second kappa shape index (κ2) is 3.96. The highest BCUT2D eigenvalue weighted by Crippen LogP contribution is 2.59. The van der Waals surface area contributed by atoms with Crippen molar-refractivity contribution in [2.24, 2.45) is 17.3 Å². The molecule has 3 unspecified atom stereocenters. The van der Waals surface area contributed by atoms with E-state index in [-0.39, 0.29) is 12.5 Å². The highest BCUT2D eigenvalue weighted by atomic mass is 16.4. The van der Waals surface area contributed by atoms with Crippen molar-refractivity contribution in [1.29, 1.82) is 0 Å². The lowest BCUT2D eigenvalue weighted by atomic mass is 9.99. The summed E-state index contributed by atoms with van der Waals surface area (Å²) in [6.45, 7) is 3.95. The molecule has 3 rings (SSSR count). The molecule has 4 amide bonds. The summed E-state index contributed by atoms with van der Waals surface area (Å²) in [5.41, 5.74) is -1.62. The van der Waals surface area contributed by atoms with Gasteiger partial charge in [0.25, 0.3) is 5.91 Å². The van der Waals surface area contributed by atoms with Gasteiger partial charge in [0.1, 0.15) is 5.54 Å². The van der Waals surface area contributed by atoms with Crippen LogP contribution in [-0.2, 0) is 14.4 Å². The second-order valence-electron chi connectivity index (χ2n) is 6.62. The summed E-state index contributed by atoms with van der Waals surface area (Å²) in [7, 11) is 0. The van der Waals surface area contributed by atoms with Crippen LogP contribution in [0.25, 0.3) is 0 Å². The number of carboxylic acid groups (broad SMARTS) is 1. The number of imide groups is 1. The Kier molecular flexibility index (Phi) is 2.61. The van der Waals surface area contributed by atoms with E-state index in [0.717, 1.165) is 0 Å². The van der Waals surface area contributed by atoms with E-state index in [9.17, 15) is 19.2 Å². The molecule has 2 heterocycles. The average molecular weight is 295 g/mol. The summed E-state index contributed by atoms with van der Waals surface area (Å²) < 4.78 is 0. The molecule has 3 aliphatic rings. The molecule has 1 spiro atoms. The van der Waals surface area contributed by atoms with Crippen LogP contribution < -0.4 is 10.6 Å². The lowest BCUT2D eigenvalue weighted by Crippen LogP contribution is -2.49. The number of hydrogen-bond acceptors (Lipinski definition) is 4. The Morgan fingerprint density at radius 3 is 2.43 bits per heavy atom. The number of nitrogens with one attached hydrogen (secondary N) is 2. The first-order valence-corrected chi connectivity index (χ1v) is 6.84. The van der Waals surface area contributed by atoms with Crippen LogP contribution in [0.4, 0.5) is 4.79 Å². The number of rotatable bonds is 2. The topological polar surface area (TPSA) is 116 Å². The van der Waals surface area contributed by atoms with Gasteiger partial charge in [0.05, 0.1) is 18.4 Å². The van der Waals surface area contributed by atoms with Gasteiger partial charge in [-0.1, -0.05) is 13.8 Å². The number of urea groups is 1. The van der Waals surface area contributed by atoms with Crippen LogP contribution in [0.5, 0.6) is 0 Å². The second-order valence-corrected chi connectivity index (χ2v) is 6.62. The molecule has 3 fully saturated rings. The Morgan fingerprint density at radius 2 is 1.95 bits per heavy atom. The lowest BCUT2D eigenvalue weighted by Gasteiger charge is -2.21. The highest BCUT2D eigenvalue weighted by Gasteiger charge is 2.67. The Balaban J connectivity index is 1.73. The molecule has 2 saturated heterocycles. The summed E-state index contributed by atoms with van der Waals surface area (Å²) >= 11 is 0. The highest BCUT2D eigenvalue weighted by molar-refractivity contribution is 6.07. The van der Waals surface area contributed by atoms with Gasteiger partial charge in [-0.05, 0) is 11.8 Å². The van der Waals surface area contributed by atoms with E-state index in [1.54, 1.807) is 13.8 Å². The first-order valence-electron chi connectivity index (χ1n) is 6.84. The molecule has 2 aliphatic heterocycles. The van der Waals surface area contributed by atoms with E-state index in [0.29, 0.717) is 13.0 Å². The molecule has 0 aromatic carbocycles. The van der Waals surface area contributed by atoms with Gasteiger partial charge in [-0.15, -0.1) is 0 Å². The molecular weight excluding hydrogens is 278 g/mol. The summed E-state index contributed by atoms with van der Waals surface area (Å²) in [4.78, 5) is 48.2. The molecule has 8 heteroatoms. The molecule has 1 aliphatic carbocycles. The third-order valence-corrected chi connectivity index (χ3v) is 4.95. The Hall–Kier alpha value is -2.12. The first kappa shape index (κ1) is 13.8. The molecule has 0 bridgehead atoms. The number of carbonyl (C=O) groups excluding carboxylic acids is 3. The van der Waals surface area contributed by atoms with Gasteiger partial charge < -0.3 is 15.3 Å². The van der Waals surface area contributed by atoms with Crippen molar-refractivity contribution < 1.29 is 24.3 Å². The van der Waals surface area contributed by atoms with Gasteiger partial charge in [0, 0.05) is 6.54 Å². The van der Waals surface area contributed by atoms with Gasteiger partial charge in [0.15, 0.2) is 0 Å². The molecule has 1 saturated carbocycles. The van der Waals surface area contributed by atoms with Gasteiger partial charge in [-0.3, -0.25) is 19.7 Å². The normalized spacial score (nSPS) is 36.6. The maximum absolute atomic E-state index is 12.5. The van der Waals surface area contributed by atoms with Crippen molar-refractivity contribution in [3.8, 4) is 0 Å². The average Bonchev–Trinajstić information content (AvgIpc) is 2.69. The third kappa shape index (κ3) is 1.81. The molecule has 0 aromatic heterocycles. The summed E-state index contributed by atoms with van der Waals surface area (Å²) in [6.07, 6.45) is 0.348. The summed E-state index contributed by atoms with van der Waals surface area (Å²) in [5, 5.41) is 13.9. The molecule has 3 N–H and O–H groups in total. The summed E-state index contributed by atoms with van der Waals surface area (Å²) in [6, 6.07) is -0.551. The van der Waals surface area contributed by atoms with Gasteiger partial charge in [-0.2, -0.15) is 0 Å². The number of hydrogen-bond donors (Lipinski definition) is 3. The molecule has 3 atom stereocenters. The predicted octanol–water partition coefficient (Wildman–Crippen LogP) is -0.846. The number of carboxylic acids is 1. The van der Waals surface area contributed by atoms with Crippen molar-refractivity contribution in [2.75, 3.05) is 13.1 Å². The fourth-order valence-electron chi connectivity index (χ4n) is 3.57. The zero-order chi connectivity index (χ0) is 15.6. The van der Waals surface area contributed by atoms with Crippen LogP contribution in [0, 0.1) is 17.3 Å². The quantitative estimate of drug-likeness (QED) is 0.574.